The maximum atomic E-state index is 10.6. The van der Waals surface area contributed by atoms with E-state index in [0.29, 0.717) is 12.0 Å². The molecule has 0 aliphatic carbocycles. The summed E-state index contributed by atoms with van der Waals surface area (Å²) in [6, 6.07) is 9.49. The number of carbonyl (C=O) groups is 1. The molecular weight excluding hydrogens is 204 g/mol. The highest BCUT2D eigenvalue weighted by Gasteiger charge is 2.04. The molecule has 1 unspecified atom stereocenters. The molecular formula is C13H16O3. The minimum Gasteiger partial charge on any atom is -0.490 e. The zero-order chi connectivity index (χ0) is 12.0. The summed E-state index contributed by atoms with van der Waals surface area (Å²) in [5.41, 5.74) is 0.350. The zero-order valence-electron chi connectivity index (χ0n) is 9.51. The second-order valence-corrected chi connectivity index (χ2v) is 3.67. The Bertz CT molecular complexity index is 368. The molecule has 0 saturated heterocycles. The molecule has 0 aliphatic rings. The highest BCUT2D eigenvalue weighted by atomic mass is 16.5. The summed E-state index contributed by atoms with van der Waals surface area (Å²) >= 11 is 0. The fraction of sp³-hybridized carbons (Fsp3) is 0.308. The van der Waals surface area contributed by atoms with Gasteiger partial charge in [-0.1, -0.05) is 24.3 Å². The van der Waals surface area contributed by atoms with Gasteiger partial charge in [0.2, 0.25) is 0 Å². The van der Waals surface area contributed by atoms with E-state index in [0.717, 1.165) is 5.75 Å². The van der Waals surface area contributed by atoms with Crippen LogP contribution < -0.4 is 4.74 Å². The fourth-order valence-electron chi connectivity index (χ4n) is 1.21. The van der Waals surface area contributed by atoms with Gasteiger partial charge in [0.1, 0.15) is 5.75 Å². The van der Waals surface area contributed by atoms with Crippen molar-refractivity contribution in [1.29, 1.82) is 0 Å². The summed E-state index contributed by atoms with van der Waals surface area (Å²) in [7, 11) is 0. The van der Waals surface area contributed by atoms with Gasteiger partial charge in [-0.15, -0.1) is 0 Å². The number of carboxylic acid groups (broad SMARTS) is 1. The van der Waals surface area contributed by atoms with Crippen LogP contribution in [0, 0.1) is 0 Å². The SMILES string of the molecule is C/C(=C\CC(C)Oc1ccccc1)C(=O)O. The number of benzene rings is 1. The minimum atomic E-state index is -0.882. The van der Waals surface area contributed by atoms with Gasteiger partial charge in [0, 0.05) is 12.0 Å². The van der Waals surface area contributed by atoms with Crippen LogP contribution in [0.25, 0.3) is 0 Å². The molecule has 0 saturated carbocycles. The van der Waals surface area contributed by atoms with Gasteiger partial charge >= 0.3 is 5.97 Å². The summed E-state index contributed by atoms with van der Waals surface area (Å²) in [6.45, 7) is 3.50. The van der Waals surface area contributed by atoms with Crippen molar-refractivity contribution in [3.05, 3.63) is 42.0 Å². The van der Waals surface area contributed by atoms with Gasteiger partial charge in [0.25, 0.3) is 0 Å². The zero-order valence-corrected chi connectivity index (χ0v) is 9.51. The van der Waals surface area contributed by atoms with E-state index in [1.807, 2.05) is 37.3 Å². The van der Waals surface area contributed by atoms with Gasteiger partial charge in [-0.2, -0.15) is 0 Å². The lowest BCUT2D eigenvalue weighted by Crippen LogP contribution is -2.11. The Morgan fingerprint density at radius 2 is 2.06 bits per heavy atom. The maximum Gasteiger partial charge on any atom is 0.330 e. The normalized spacial score (nSPS) is 13.2. The second-order valence-electron chi connectivity index (χ2n) is 3.67. The molecule has 3 heteroatoms. The second kappa shape index (κ2) is 5.95. The van der Waals surface area contributed by atoms with Gasteiger partial charge in [0.05, 0.1) is 6.10 Å². The van der Waals surface area contributed by atoms with Crippen LogP contribution in [0.1, 0.15) is 20.3 Å². The first-order valence-electron chi connectivity index (χ1n) is 5.21. The monoisotopic (exact) mass is 220 g/mol. The number of ether oxygens (including phenoxy) is 1. The highest BCUT2D eigenvalue weighted by molar-refractivity contribution is 5.85. The van der Waals surface area contributed by atoms with Crippen molar-refractivity contribution in [2.75, 3.05) is 0 Å². The summed E-state index contributed by atoms with van der Waals surface area (Å²) in [5, 5.41) is 8.68. The van der Waals surface area contributed by atoms with E-state index in [1.165, 1.54) is 0 Å². The number of aliphatic carboxylic acids is 1. The van der Waals surface area contributed by atoms with E-state index in [9.17, 15) is 4.79 Å². The number of para-hydroxylation sites is 1. The molecule has 0 fully saturated rings. The van der Waals surface area contributed by atoms with Crippen LogP contribution >= 0.6 is 0 Å². The average Bonchev–Trinajstić information content (AvgIpc) is 2.27. The molecule has 0 bridgehead atoms. The molecule has 3 nitrogen and oxygen atoms in total. The Morgan fingerprint density at radius 3 is 2.62 bits per heavy atom. The standard InChI is InChI=1S/C13H16O3/c1-10(13(14)15)8-9-11(2)16-12-6-4-3-5-7-12/h3-8,11H,9H2,1-2H3,(H,14,15)/b10-8+. The molecule has 0 aliphatic heterocycles. The Hall–Kier alpha value is -1.77. The van der Waals surface area contributed by atoms with Crippen molar-refractivity contribution in [2.24, 2.45) is 0 Å². The molecule has 0 amide bonds. The quantitative estimate of drug-likeness (QED) is 0.776. The predicted octanol–water partition coefficient (Wildman–Crippen LogP) is 2.87. The van der Waals surface area contributed by atoms with Crippen molar-refractivity contribution in [1.82, 2.24) is 0 Å². The van der Waals surface area contributed by atoms with Crippen molar-refractivity contribution < 1.29 is 14.6 Å². The van der Waals surface area contributed by atoms with Gasteiger partial charge in [-0.3, -0.25) is 0 Å². The predicted molar refractivity (Wildman–Crippen MR) is 62.5 cm³/mol. The van der Waals surface area contributed by atoms with Gasteiger partial charge in [-0.25, -0.2) is 4.79 Å². The van der Waals surface area contributed by atoms with Crippen LogP contribution in [0.4, 0.5) is 0 Å². The van der Waals surface area contributed by atoms with Crippen molar-refractivity contribution >= 4 is 5.97 Å². The molecule has 1 aromatic carbocycles. The van der Waals surface area contributed by atoms with Crippen LogP contribution in [-0.2, 0) is 4.79 Å². The van der Waals surface area contributed by atoms with Crippen molar-refractivity contribution in [2.45, 2.75) is 26.4 Å². The van der Waals surface area contributed by atoms with E-state index in [4.69, 9.17) is 9.84 Å². The fourth-order valence-corrected chi connectivity index (χ4v) is 1.21. The molecule has 0 spiro atoms. The minimum absolute atomic E-state index is 0.0308. The number of hydrogen-bond donors (Lipinski definition) is 1. The van der Waals surface area contributed by atoms with E-state index in [1.54, 1.807) is 13.0 Å². The molecule has 16 heavy (non-hydrogen) atoms. The molecule has 0 heterocycles. The largest absolute Gasteiger partial charge is 0.490 e. The topological polar surface area (TPSA) is 46.5 Å². The average molecular weight is 220 g/mol. The highest BCUT2D eigenvalue weighted by Crippen LogP contribution is 2.12. The molecule has 1 rings (SSSR count). The Morgan fingerprint density at radius 1 is 1.44 bits per heavy atom. The third-order valence-electron chi connectivity index (χ3n) is 2.17. The first kappa shape index (κ1) is 12.3. The molecule has 1 atom stereocenters. The van der Waals surface area contributed by atoms with Crippen LogP contribution in [0.15, 0.2) is 42.0 Å². The first-order valence-corrected chi connectivity index (χ1v) is 5.21. The van der Waals surface area contributed by atoms with Crippen LogP contribution in [0.3, 0.4) is 0 Å². The van der Waals surface area contributed by atoms with Crippen LogP contribution in [-0.4, -0.2) is 17.2 Å². The molecule has 86 valence electrons. The molecule has 1 aromatic rings. The van der Waals surface area contributed by atoms with Crippen LogP contribution in [0.5, 0.6) is 5.75 Å². The van der Waals surface area contributed by atoms with E-state index in [2.05, 4.69) is 0 Å². The third-order valence-corrected chi connectivity index (χ3v) is 2.17. The number of hydrogen-bond acceptors (Lipinski definition) is 2. The summed E-state index contributed by atoms with van der Waals surface area (Å²) < 4.78 is 5.61. The molecule has 0 radical (unpaired) electrons. The molecule has 0 aromatic heterocycles. The lowest BCUT2D eigenvalue weighted by molar-refractivity contribution is -0.132. The van der Waals surface area contributed by atoms with Gasteiger partial charge < -0.3 is 9.84 Å². The smallest absolute Gasteiger partial charge is 0.330 e. The number of rotatable bonds is 5. The lowest BCUT2D eigenvalue weighted by atomic mass is 10.2. The van der Waals surface area contributed by atoms with E-state index >= 15 is 0 Å². The first-order chi connectivity index (χ1) is 7.59. The van der Waals surface area contributed by atoms with Gasteiger partial charge in [-0.05, 0) is 26.0 Å². The van der Waals surface area contributed by atoms with Gasteiger partial charge in [0.15, 0.2) is 0 Å². The van der Waals surface area contributed by atoms with Crippen molar-refractivity contribution in [3.8, 4) is 5.75 Å². The Balaban J connectivity index is 2.46. The third kappa shape index (κ3) is 4.17. The van der Waals surface area contributed by atoms with Crippen molar-refractivity contribution in [3.63, 3.8) is 0 Å². The molecule has 1 N–H and O–H groups in total. The van der Waals surface area contributed by atoms with Crippen LogP contribution in [0.2, 0.25) is 0 Å². The Labute approximate surface area is 95.4 Å². The number of carboxylic acids is 1. The summed E-state index contributed by atoms with van der Waals surface area (Å²) in [6.07, 6.45) is 2.24. The lowest BCUT2D eigenvalue weighted by Gasteiger charge is -2.12. The summed E-state index contributed by atoms with van der Waals surface area (Å²) in [4.78, 5) is 10.6. The maximum absolute atomic E-state index is 10.6. The summed E-state index contributed by atoms with van der Waals surface area (Å²) in [5.74, 6) is -0.0803. The van der Waals surface area contributed by atoms with E-state index in [-0.39, 0.29) is 6.10 Å². The Kier molecular flexibility index (Phi) is 4.58. The van der Waals surface area contributed by atoms with E-state index < -0.39 is 5.97 Å².